The zero-order chi connectivity index (χ0) is 19.6. The van der Waals surface area contributed by atoms with Crippen LogP contribution in [-0.2, 0) is 4.74 Å². The van der Waals surface area contributed by atoms with Gasteiger partial charge in [0.1, 0.15) is 0 Å². The number of nitrogens with zero attached hydrogens (tertiary/aromatic N) is 2. The van der Waals surface area contributed by atoms with Crippen molar-refractivity contribution in [3.8, 4) is 11.1 Å². The first-order valence-electron chi connectivity index (χ1n) is 11.1. The molecule has 29 heavy (non-hydrogen) atoms. The van der Waals surface area contributed by atoms with E-state index in [-0.39, 0.29) is 5.91 Å². The molecule has 1 saturated carbocycles. The molecule has 0 spiro atoms. The maximum atomic E-state index is 13.6. The molecule has 3 heterocycles. The molecule has 0 unspecified atom stereocenters. The van der Waals surface area contributed by atoms with Gasteiger partial charge in [-0.1, -0.05) is 43.2 Å². The fraction of sp³-hybridized carbons (Fsp3) is 0.542. The van der Waals surface area contributed by atoms with Gasteiger partial charge in [-0.05, 0) is 43.2 Å². The quantitative estimate of drug-likeness (QED) is 0.710. The highest BCUT2D eigenvalue weighted by molar-refractivity contribution is 7.18. The third kappa shape index (κ3) is 3.82. The molecule has 4 nitrogen and oxygen atoms in total. The zero-order valence-corrected chi connectivity index (χ0v) is 17.8. The van der Waals surface area contributed by atoms with E-state index in [0.29, 0.717) is 12.0 Å². The molecule has 5 rings (SSSR count). The largest absolute Gasteiger partial charge is 0.378 e. The summed E-state index contributed by atoms with van der Waals surface area (Å²) in [5, 5.41) is 1.22. The van der Waals surface area contributed by atoms with Gasteiger partial charge in [-0.3, -0.25) is 4.79 Å². The Bertz CT molecular complexity index is 842. The van der Waals surface area contributed by atoms with Crippen molar-refractivity contribution in [2.75, 3.05) is 37.7 Å². The van der Waals surface area contributed by atoms with Gasteiger partial charge in [-0.25, -0.2) is 0 Å². The van der Waals surface area contributed by atoms with Crippen molar-refractivity contribution in [1.29, 1.82) is 0 Å². The molecule has 2 aromatic rings. The molecule has 1 aromatic heterocycles. The Balaban J connectivity index is 1.48. The van der Waals surface area contributed by atoms with Gasteiger partial charge in [0.15, 0.2) is 0 Å². The first-order chi connectivity index (χ1) is 14.3. The topological polar surface area (TPSA) is 32.8 Å². The van der Waals surface area contributed by atoms with Crippen molar-refractivity contribution in [3.63, 3.8) is 0 Å². The number of amides is 1. The van der Waals surface area contributed by atoms with Crippen LogP contribution >= 0.6 is 11.3 Å². The summed E-state index contributed by atoms with van der Waals surface area (Å²) in [6.45, 7) is 4.22. The van der Waals surface area contributed by atoms with Crippen molar-refractivity contribution in [2.45, 2.75) is 44.6 Å². The molecule has 2 saturated heterocycles. The molecule has 3 fully saturated rings. The van der Waals surface area contributed by atoms with E-state index < -0.39 is 0 Å². The smallest absolute Gasteiger partial charge is 0.264 e. The molecular weight excluding hydrogens is 380 g/mol. The van der Waals surface area contributed by atoms with Crippen molar-refractivity contribution >= 4 is 22.2 Å². The van der Waals surface area contributed by atoms with Crippen molar-refractivity contribution < 1.29 is 9.53 Å². The van der Waals surface area contributed by atoms with Crippen LogP contribution < -0.4 is 4.90 Å². The van der Waals surface area contributed by atoms with Crippen molar-refractivity contribution in [1.82, 2.24) is 4.90 Å². The van der Waals surface area contributed by atoms with Crippen LogP contribution in [0.3, 0.4) is 0 Å². The highest BCUT2D eigenvalue weighted by atomic mass is 32.1. The number of benzene rings is 1. The normalized spacial score (nSPS) is 25.0. The van der Waals surface area contributed by atoms with E-state index in [1.54, 1.807) is 11.3 Å². The lowest BCUT2D eigenvalue weighted by atomic mass is 9.78. The number of hydrogen-bond acceptors (Lipinski definition) is 4. The Labute approximate surface area is 177 Å². The fourth-order valence-corrected chi connectivity index (χ4v) is 6.52. The number of ether oxygens (including phenoxy) is 1. The minimum atomic E-state index is 0.253. The number of thiophene rings is 1. The van der Waals surface area contributed by atoms with Gasteiger partial charge in [0.25, 0.3) is 5.91 Å². The van der Waals surface area contributed by atoms with Crippen molar-refractivity contribution in [3.05, 3.63) is 41.3 Å². The molecule has 2 aliphatic heterocycles. The number of carbonyl (C=O) groups is 1. The summed E-state index contributed by atoms with van der Waals surface area (Å²) in [7, 11) is 0. The second kappa shape index (κ2) is 8.49. The van der Waals surface area contributed by atoms with E-state index in [2.05, 4.69) is 40.1 Å². The highest BCUT2D eigenvalue weighted by Gasteiger charge is 2.37. The summed E-state index contributed by atoms with van der Waals surface area (Å²) in [5.74, 6) is 0.969. The molecule has 1 aromatic carbocycles. The van der Waals surface area contributed by atoms with E-state index in [1.807, 2.05) is 6.07 Å². The number of morpholine rings is 1. The number of piperidine rings is 1. The maximum absolute atomic E-state index is 13.6. The Hall–Kier alpha value is -1.85. The Kier molecular flexibility index (Phi) is 5.60. The van der Waals surface area contributed by atoms with Crippen LogP contribution in [0.1, 0.15) is 48.2 Å². The summed E-state index contributed by atoms with van der Waals surface area (Å²) in [5.41, 5.74) is 2.39. The summed E-state index contributed by atoms with van der Waals surface area (Å²) >= 11 is 1.68. The molecule has 1 aliphatic carbocycles. The third-order valence-electron chi connectivity index (χ3n) is 6.81. The molecule has 1 amide bonds. The van der Waals surface area contributed by atoms with Crippen LogP contribution in [-0.4, -0.2) is 49.7 Å². The number of carbonyl (C=O) groups excluding carboxylic acids is 1. The first kappa shape index (κ1) is 19.1. The zero-order valence-electron chi connectivity index (χ0n) is 17.0. The lowest BCUT2D eigenvalue weighted by Gasteiger charge is -2.44. The first-order valence-corrected chi connectivity index (χ1v) is 12.0. The van der Waals surface area contributed by atoms with E-state index in [1.165, 1.54) is 48.2 Å². The van der Waals surface area contributed by atoms with E-state index in [4.69, 9.17) is 4.74 Å². The number of fused-ring (bicyclic) bond motifs is 1. The van der Waals surface area contributed by atoms with Gasteiger partial charge in [0.05, 0.1) is 23.1 Å². The number of rotatable bonds is 3. The van der Waals surface area contributed by atoms with Gasteiger partial charge in [0, 0.05) is 31.2 Å². The lowest BCUT2D eigenvalue weighted by Crippen LogP contribution is -2.49. The van der Waals surface area contributed by atoms with Crippen LogP contribution in [0.4, 0.5) is 5.00 Å². The molecule has 5 heteroatoms. The second-order valence-electron chi connectivity index (χ2n) is 8.55. The summed E-state index contributed by atoms with van der Waals surface area (Å²) in [6, 6.07) is 13.1. The van der Waals surface area contributed by atoms with Crippen LogP contribution in [0, 0.1) is 5.92 Å². The second-order valence-corrected chi connectivity index (χ2v) is 9.58. The lowest BCUT2D eigenvalue weighted by molar-refractivity contribution is 0.0395. The fourth-order valence-electron chi connectivity index (χ4n) is 5.33. The SMILES string of the molecule is O=C(c1cc(-c2ccccc2)c(N2CCOCC2)s1)N1CCC[C@H]2CCCC[C@H]21. The Morgan fingerprint density at radius 1 is 0.966 bits per heavy atom. The minimum Gasteiger partial charge on any atom is -0.378 e. The van der Waals surface area contributed by atoms with E-state index in [0.717, 1.165) is 44.1 Å². The van der Waals surface area contributed by atoms with Gasteiger partial charge in [-0.15, -0.1) is 11.3 Å². The van der Waals surface area contributed by atoms with Gasteiger partial charge in [-0.2, -0.15) is 0 Å². The highest BCUT2D eigenvalue weighted by Crippen LogP contribution is 2.42. The standard InChI is InChI=1S/C24H30N2O2S/c27-23(26-12-6-10-19-9-4-5-11-21(19)26)22-17-20(18-7-2-1-3-8-18)24(29-22)25-13-15-28-16-14-25/h1-3,7-8,17,19,21H,4-6,9-16H2/t19-,21-/m1/s1. The van der Waals surface area contributed by atoms with Gasteiger partial charge in [0.2, 0.25) is 0 Å². The van der Waals surface area contributed by atoms with Crippen LogP contribution in [0.25, 0.3) is 11.1 Å². The molecular formula is C24H30N2O2S. The summed E-state index contributed by atoms with van der Waals surface area (Å²) in [4.78, 5) is 19.1. The Morgan fingerprint density at radius 2 is 1.72 bits per heavy atom. The van der Waals surface area contributed by atoms with Crippen molar-refractivity contribution in [2.24, 2.45) is 5.92 Å². The predicted molar refractivity (Wildman–Crippen MR) is 119 cm³/mol. The Morgan fingerprint density at radius 3 is 2.55 bits per heavy atom. The molecule has 0 radical (unpaired) electrons. The number of hydrogen-bond donors (Lipinski definition) is 0. The van der Waals surface area contributed by atoms with Crippen LogP contribution in [0.5, 0.6) is 0 Å². The minimum absolute atomic E-state index is 0.253. The van der Waals surface area contributed by atoms with Crippen LogP contribution in [0.15, 0.2) is 36.4 Å². The van der Waals surface area contributed by atoms with E-state index in [9.17, 15) is 4.79 Å². The number of likely N-dealkylation sites (tertiary alicyclic amines) is 1. The van der Waals surface area contributed by atoms with Crippen LogP contribution in [0.2, 0.25) is 0 Å². The molecule has 154 valence electrons. The molecule has 0 N–H and O–H groups in total. The predicted octanol–water partition coefficient (Wildman–Crippen LogP) is 5.05. The average Bonchev–Trinajstić information content (AvgIpc) is 3.25. The summed E-state index contributed by atoms with van der Waals surface area (Å²) < 4.78 is 5.56. The number of anilines is 1. The molecule has 3 aliphatic rings. The van der Waals surface area contributed by atoms with Gasteiger partial charge >= 0.3 is 0 Å². The summed E-state index contributed by atoms with van der Waals surface area (Å²) in [6.07, 6.45) is 7.54. The van der Waals surface area contributed by atoms with Gasteiger partial charge < -0.3 is 14.5 Å². The van der Waals surface area contributed by atoms with E-state index >= 15 is 0 Å². The maximum Gasteiger partial charge on any atom is 0.264 e. The third-order valence-corrected chi connectivity index (χ3v) is 7.99. The monoisotopic (exact) mass is 410 g/mol. The molecule has 0 bridgehead atoms. The average molecular weight is 411 g/mol. The molecule has 2 atom stereocenters.